The van der Waals surface area contributed by atoms with E-state index in [1.54, 1.807) is 14.2 Å². The normalized spacial score (nSPS) is 11.9. The van der Waals surface area contributed by atoms with E-state index in [1.807, 2.05) is 44.3 Å². The highest BCUT2D eigenvalue weighted by Gasteiger charge is 2.09. The first-order valence-corrected chi connectivity index (χ1v) is 7.94. The molecule has 0 aliphatic carbocycles. The van der Waals surface area contributed by atoms with Crippen molar-refractivity contribution < 1.29 is 9.47 Å². The van der Waals surface area contributed by atoms with Crippen LogP contribution in [0.1, 0.15) is 19.8 Å². The highest BCUT2D eigenvalue weighted by molar-refractivity contribution is 14.0. The van der Waals surface area contributed by atoms with Crippen LogP contribution in [0.2, 0.25) is 0 Å². The third-order valence-electron chi connectivity index (χ3n) is 3.40. The second-order valence-electron chi connectivity index (χ2n) is 5.39. The topological polar surface area (TPSA) is 46.1 Å². The van der Waals surface area contributed by atoms with Gasteiger partial charge in [0.2, 0.25) is 0 Å². The molecule has 0 aliphatic heterocycles. The fraction of sp³-hybridized carbons (Fsp3) is 0.500. The van der Waals surface area contributed by atoms with Gasteiger partial charge < -0.3 is 19.7 Å². The van der Waals surface area contributed by atoms with Crippen LogP contribution in [-0.2, 0) is 0 Å². The molecule has 0 aromatic heterocycles. The molecule has 0 saturated carbocycles. The molecule has 0 heterocycles. The lowest BCUT2D eigenvalue weighted by Crippen LogP contribution is -2.43. The van der Waals surface area contributed by atoms with Crippen molar-refractivity contribution in [1.29, 1.82) is 0 Å². The van der Waals surface area contributed by atoms with Crippen LogP contribution in [0, 0.1) is 0 Å². The van der Waals surface area contributed by atoms with Crippen LogP contribution >= 0.6 is 24.0 Å². The summed E-state index contributed by atoms with van der Waals surface area (Å²) in [5.41, 5.74) is 0. The molecular formula is C18H30IN3O2. The predicted molar refractivity (Wildman–Crippen MR) is 112 cm³/mol. The lowest BCUT2D eigenvalue weighted by atomic mass is 10.3. The summed E-state index contributed by atoms with van der Waals surface area (Å²) in [4.78, 5) is 6.42. The van der Waals surface area contributed by atoms with Gasteiger partial charge in [-0.25, -0.2) is 0 Å². The summed E-state index contributed by atoms with van der Waals surface area (Å²) >= 11 is 0. The van der Waals surface area contributed by atoms with Crippen molar-refractivity contribution in [3.8, 4) is 11.5 Å². The minimum absolute atomic E-state index is 0. The molecule has 0 aliphatic rings. The number of unbranched alkanes of at least 4 members (excludes halogenated alkanes) is 1. The van der Waals surface area contributed by atoms with Gasteiger partial charge in [0.05, 0.1) is 13.7 Å². The minimum atomic E-state index is 0. The zero-order valence-electron chi connectivity index (χ0n) is 15.1. The average Bonchev–Trinajstić information content (AvgIpc) is 2.55. The maximum atomic E-state index is 5.90. The summed E-state index contributed by atoms with van der Waals surface area (Å²) in [5, 5.41) is 3.34. The van der Waals surface area contributed by atoms with Crippen molar-refractivity contribution in [2.45, 2.75) is 25.9 Å². The molecule has 1 atom stereocenters. The van der Waals surface area contributed by atoms with Crippen LogP contribution in [-0.4, -0.2) is 51.3 Å². The van der Waals surface area contributed by atoms with E-state index in [-0.39, 0.29) is 30.1 Å². The Balaban J connectivity index is 0.00000529. The van der Waals surface area contributed by atoms with Gasteiger partial charge in [0, 0.05) is 26.7 Å². The molecule has 1 rings (SSSR count). The Labute approximate surface area is 163 Å². The van der Waals surface area contributed by atoms with Gasteiger partial charge in [0.1, 0.15) is 17.6 Å². The first kappa shape index (κ1) is 22.6. The molecule has 0 bridgehead atoms. The SMILES string of the molecule is C=CCCCN(C)C(=NC)NCC(C)Oc1cccc(OC)c1.I. The van der Waals surface area contributed by atoms with Crippen molar-refractivity contribution in [1.82, 2.24) is 10.2 Å². The molecule has 136 valence electrons. The van der Waals surface area contributed by atoms with Gasteiger partial charge >= 0.3 is 0 Å². The molecule has 24 heavy (non-hydrogen) atoms. The smallest absolute Gasteiger partial charge is 0.193 e. The Kier molecular flexibility index (Phi) is 12.1. The highest BCUT2D eigenvalue weighted by Crippen LogP contribution is 2.19. The zero-order valence-corrected chi connectivity index (χ0v) is 17.4. The van der Waals surface area contributed by atoms with Crippen molar-refractivity contribution >= 4 is 29.9 Å². The lowest BCUT2D eigenvalue weighted by Gasteiger charge is -2.23. The number of guanidine groups is 1. The maximum absolute atomic E-state index is 5.90. The molecule has 1 aromatic carbocycles. The number of rotatable bonds is 9. The van der Waals surface area contributed by atoms with Crippen molar-refractivity contribution in [3.63, 3.8) is 0 Å². The van der Waals surface area contributed by atoms with Crippen LogP contribution in [0.25, 0.3) is 0 Å². The van der Waals surface area contributed by atoms with Crippen LogP contribution in [0.5, 0.6) is 11.5 Å². The summed E-state index contributed by atoms with van der Waals surface area (Å²) in [6.07, 6.45) is 4.03. The molecule has 6 heteroatoms. The van der Waals surface area contributed by atoms with Crippen molar-refractivity contribution in [2.24, 2.45) is 4.99 Å². The molecule has 0 radical (unpaired) electrons. The molecular weight excluding hydrogens is 417 g/mol. The van der Waals surface area contributed by atoms with Gasteiger partial charge in [-0.2, -0.15) is 0 Å². The number of ether oxygens (including phenoxy) is 2. The molecule has 0 spiro atoms. The Morgan fingerprint density at radius 2 is 2.12 bits per heavy atom. The van der Waals surface area contributed by atoms with Gasteiger partial charge in [-0.15, -0.1) is 30.6 Å². The largest absolute Gasteiger partial charge is 0.497 e. The molecule has 0 fully saturated rings. The Morgan fingerprint density at radius 3 is 2.75 bits per heavy atom. The van der Waals surface area contributed by atoms with Crippen LogP contribution in [0.4, 0.5) is 0 Å². The van der Waals surface area contributed by atoms with E-state index < -0.39 is 0 Å². The standard InChI is InChI=1S/C18H29N3O2.HI/c1-6-7-8-12-21(4)18(19-3)20-14-15(2)23-17-11-9-10-16(13-17)22-5;/h6,9-11,13,15H,1,7-8,12,14H2,2-5H3,(H,19,20);1H. The van der Waals surface area contributed by atoms with E-state index in [4.69, 9.17) is 9.47 Å². The number of nitrogens with one attached hydrogen (secondary N) is 1. The van der Waals surface area contributed by atoms with Gasteiger partial charge in [-0.3, -0.25) is 4.99 Å². The van der Waals surface area contributed by atoms with E-state index in [0.29, 0.717) is 6.54 Å². The van der Waals surface area contributed by atoms with Crippen LogP contribution in [0.15, 0.2) is 41.9 Å². The first-order valence-electron chi connectivity index (χ1n) is 7.94. The summed E-state index contributed by atoms with van der Waals surface area (Å²) in [5.74, 6) is 2.46. The van der Waals surface area contributed by atoms with Gasteiger partial charge in [-0.05, 0) is 31.9 Å². The number of hydrogen-bond acceptors (Lipinski definition) is 3. The number of hydrogen-bond donors (Lipinski definition) is 1. The fourth-order valence-corrected chi connectivity index (χ4v) is 2.15. The number of benzene rings is 1. The third-order valence-corrected chi connectivity index (χ3v) is 3.40. The van der Waals surface area contributed by atoms with Crippen molar-refractivity contribution in [3.05, 3.63) is 36.9 Å². The van der Waals surface area contributed by atoms with E-state index in [0.717, 1.165) is 36.8 Å². The molecule has 0 saturated heterocycles. The zero-order chi connectivity index (χ0) is 17.1. The second-order valence-corrected chi connectivity index (χ2v) is 5.39. The number of nitrogens with zero attached hydrogens (tertiary/aromatic N) is 2. The molecule has 1 N–H and O–H groups in total. The van der Waals surface area contributed by atoms with E-state index >= 15 is 0 Å². The Bertz CT molecular complexity index is 509. The molecule has 5 nitrogen and oxygen atoms in total. The van der Waals surface area contributed by atoms with Crippen molar-refractivity contribution in [2.75, 3.05) is 34.3 Å². The monoisotopic (exact) mass is 447 g/mol. The number of allylic oxidation sites excluding steroid dienone is 1. The second kappa shape index (κ2) is 12.9. The first-order chi connectivity index (χ1) is 11.1. The third kappa shape index (κ3) is 8.42. The maximum Gasteiger partial charge on any atom is 0.193 e. The van der Waals surface area contributed by atoms with Gasteiger partial charge in [0.25, 0.3) is 0 Å². The fourth-order valence-electron chi connectivity index (χ4n) is 2.15. The summed E-state index contributed by atoms with van der Waals surface area (Å²) < 4.78 is 11.1. The molecule has 0 amide bonds. The van der Waals surface area contributed by atoms with Gasteiger partial charge in [-0.1, -0.05) is 12.1 Å². The van der Waals surface area contributed by atoms with Crippen LogP contribution in [0.3, 0.4) is 0 Å². The van der Waals surface area contributed by atoms with E-state index in [2.05, 4.69) is 21.8 Å². The van der Waals surface area contributed by atoms with E-state index in [9.17, 15) is 0 Å². The summed E-state index contributed by atoms with van der Waals surface area (Å²) in [7, 11) is 5.47. The molecule has 1 aromatic rings. The summed E-state index contributed by atoms with van der Waals surface area (Å²) in [6, 6.07) is 7.62. The lowest BCUT2D eigenvalue weighted by molar-refractivity contribution is 0.221. The Hall–Kier alpha value is -1.44. The minimum Gasteiger partial charge on any atom is -0.497 e. The average molecular weight is 447 g/mol. The quantitative estimate of drug-likeness (QED) is 0.207. The summed E-state index contributed by atoms with van der Waals surface area (Å²) in [6.45, 7) is 7.39. The highest BCUT2D eigenvalue weighted by atomic mass is 127. The number of halogens is 1. The van der Waals surface area contributed by atoms with Gasteiger partial charge in [0.15, 0.2) is 5.96 Å². The van der Waals surface area contributed by atoms with E-state index in [1.165, 1.54) is 0 Å². The predicted octanol–water partition coefficient (Wildman–Crippen LogP) is 3.55. The number of methoxy groups -OCH3 is 1. The Morgan fingerprint density at radius 1 is 1.42 bits per heavy atom. The molecule has 1 unspecified atom stereocenters. The number of aliphatic imine (C=N–C) groups is 1. The van der Waals surface area contributed by atoms with Crippen LogP contribution < -0.4 is 14.8 Å².